The summed E-state index contributed by atoms with van der Waals surface area (Å²) in [5, 5.41) is 2.85. The maximum Gasteiger partial charge on any atom is 0.224 e. The van der Waals surface area contributed by atoms with Gasteiger partial charge < -0.3 is 10.1 Å². The molecular formula is C12H15NO2. The van der Waals surface area contributed by atoms with Crippen LogP contribution in [0.5, 0.6) is 5.75 Å². The van der Waals surface area contributed by atoms with Crippen molar-refractivity contribution in [2.24, 2.45) is 0 Å². The zero-order valence-corrected chi connectivity index (χ0v) is 9.04. The molecular weight excluding hydrogens is 190 g/mol. The second-order valence-electron chi connectivity index (χ2n) is 4.00. The largest absolute Gasteiger partial charge is 0.491 e. The van der Waals surface area contributed by atoms with Crippen molar-refractivity contribution in [3.05, 3.63) is 23.8 Å². The number of anilines is 1. The fourth-order valence-corrected chi connectivity index (χ4v) is 1.76. The molecule has 0 atom stereocenters. The van der Waals surface area contributed by atoms with Crippen molar-refractivity contribution in [2.75, 3.05) is 5.32 Å². The third-order valence-corrected chi connectivity index (χ3v) is 2.37. The van der Waals surface area contributed by atoms with Gasteiger partial charge in [-0.1, -0.05) is 6.07 Å². The van der Waals surface area contributed by atoms with Crippen LogP contribution in [0.2, 0.25) is 0 Å². The summed E-state index contributed by atoms with van der Waals surface area (Å²) in [6.45, 7) is 4.00. The van der Waals surface area contributed by atoms with E-state index in [1.54, 1.807) is 0 Å². The van der Waals surface area contributed by atoms with E-state index in [1.807, 2.05) is 32.0 Å². The minimum Gasteiger partial charge on any atom is -0.491 e. The van der Waals surface area contributed by atoms with Crippen molar-refractivity contribution >= 4 is 11.6 Å². The standard InChI is InChI=1S/C12H15NO2/c1-8(2)15-11-5-3-4-10-9(11)6-7-12(14)13-10/h3-5,8H,6-7H2,1-2H3,(H,13,14). The Hall–Kier alpha value is -1.51. The maximum absolute atomic E-state index is 11.2. The number of fused-ring (bicyclic) bond motifs is 1. The smallest absolute Gasteiger partial charge is 0.224 e. The summed E-state index contributed by atoms with van der Waals surface area (Å²) < 4.78 is 5.70. The Morgan fingerprint density at radius 1 is 1.33 bits per heavy atom. The molecule has 1 aromatic rings. The van der Waals surface area contributed by atoms with Crippen molar-refractivity contribution in [3.8, 4) is 5.75 Å². The molecule has 0 saturated heterocycles. The quantitative estimate of drug-likeness (QED) is 0.804. The third kappa shape index (κ3) is 2.12. The third-order valence-electron chi connectivity index (χ3n) is 2.37. The van der Waals surface area contributed by atoms with Gasteiger partial charge >= 0.3 is 0 Å². The van der Waals surface area contributed by atoms with E-state index in [0.29, 0.717) is 6.42 Å². The van der Waals surface area contributed by atoms with Gasteiger partial charge in [0.25, 0.3) is 0 Å². The van der Waals surface area contributed by atoms with Crippen LogP contribution < -0.4 is 10.1 Å². The van der Waals surface area contributed by atoms with Crippen LogP contribution in [0.4, 0.5) is 5.69 Å². The van der Waals surface area contributed by atoms with Crippen molar-refractivity contribution in [2.45, 2.75) is 32.8 Å². The summed E-state index contributed by atoms with van der Waals surface area (Å²) in [7, 11) is 0. The van der Waals surface area contributed by atoms with Crippen LogP contribution in [0.3, 0.4) is 0 Å². The molecule has 1 N–H and O–H groups in total. The monoisotopic (exact) mass is 205 g/mol. The van der Waals surface area contributed by atoms with E-state index in [-0.39, 0.29) is 12.0 Å². The minimum atomic E-state index is 0.0872. The molecule has 3 heteroatoms. The van der Waals surface area contributed by atoms with Crippen LogP contribution in [0.25, 0.3) is 0 Å². The molecule has 2 rings (SSSR count). The van der Waals surface area contributed by atoms with Crippen molar-refractivity contribution < 1.29 is 9.53 Å². The van der Waals surface area contributed by atoms with Gasteiger partial charge in [-0.2, -0.15) is 0 Å². The van der Waals surface area contributed by atoms with Gasteiger partial charge in [-0.25, -0.2) is 0 Å². The first-order chi connectivity index (χ1) is 7.16. The number of rotatable bonds is 2. The van der Waals surface area contributed by atoms with Gasteiger partial charge in [0.1, 0.15) is 5.75 Å². The molecule has 0 saturated carbocycles. The van der Waals surface area contributed by atoms with E-state index in [4.69, 9.17) is 4.74 Å². The zero-order chi connectivity index (χ0) is 10.8. The highest BCUT2D eigenvalue weighted by Crippen LogP contribution is 2.31. The van der Waals surface area contributed by atoms with E-state index in [9.17, 15) is 4.79 Å². The number of nitrogens with one attached hydrogen (secondary N) is 1. The Morgan fingerprint density at radius 2 is 2.13 bits per heavy atom. The van der Waals surface area contributed by atoms with Gasteiger partial charge in [0, 0.05) is 17.7 Å². The van der Waals surface area contributed by atoms with E-state index in [0.717, 1.165) is 23.4 Å². The maximum atomic E-state index is 11.2. The van der Waals surface area contributed by atoms with Crippen LogP contribution in [0.15, 0.2) is 18.2 Å². The number of carbonyl (C=O) groups excluding carboxylic acids is 1. The zero-order valence-electron chi connectivity index (χ0n) is 9.04. The molecule has 0 unspecified atom stereocenters. The summed E-state index contributed by atoms with van der Waals surface area (Å²) in [5.41, 5.74) is 2.01. The van der Waals surface area contributed by atoms with Crippen LogP contribution in [0.1, 0.15) is 25.8 Å². The molecule has 80 valence electrons. The molecule has 0 spiro atoms. The lowest BCUT2D eigenvalue weighted by molar-refractivity contribution is -0.116. The molecule has 15 heavy (non-hydrogen) atoms. The predicted molar refractivity (Wildman–Crippen MR) is 59.2 cm³/mol. The molecule has 0 aliphatic carbocycles. The highest BCUT2D eigenvalue weighted by atomic mass is 16.5. The fourth-order valence-electron chi connectivity index (χ4n) is 1.76. The van der Waals surface area contributed by atoms with Gasteiger partial charge in [-0.05, 0) is 32.4 Å². The van der Waals surface area contributed by atoms with Gasteiger partial charge in [0.15, 0.2) is 0 Å². The summed E-state index contributed by atoms with van der Waals surface area (Å²) in [6.07, 6.45) is 1.48. The molecule has 1 aromatic carbocycles. The molecule has 0 radical (unpaired) electrons. The lowest BCUT2D eigenvalue weighted by Crippen LogP contribution is -2.20. The number of benzene rings is 1. The number of hydrogen-bond acceptors (Lipinski definition) is 2. The summed E-state index contributed by atoms with van der Waals surface area (Å²) in [4.78, 5) is 11.2. The van der Waals surface area contributed by atoms with E-state index in [2.05, 4.69) is 5.32 Å². The molecule has 0 bridgehead atoms. The fraction of sp³-hybridized carbons (Fsp3) is 0.417. The van der Waals surface area contributed by atoms with Gasteiger partial charge in [-0.15, -0.1) is 0 Å². The Balaban J connectivity index is 2.33. The molecule has 1 heterocycles. The molecule has 1 aliphatic heterocycles. The molecule has 0 fully saturated rings. The van der Waals surface area contributed by atoms with E-state index >= 15 is 0 Å². The highest BCUT2D eigenvalue weighted by molar-refractivity contribution is 5.94. The first-order valence-corrected chi connectivity index (χ1v) is 5.25. The second-order valence-corrected chi connectivity index (χ2v) is 4.00. The highest BCUT2D eigenvalue weighted by Gasteiger charge is 2.18. The second kappa shape index (κ2) is 3.93. The van der Waals surface area contributed by atoms with Crippen LogP contribution in [-0.2, 0) is 11.2 Å². The average Bonchev–Trinajstić information content (AvgIpc) is 2.16. The van der Waals surface area contributed by atoms with Crippen LogP contribution in [0, 0.1) is 0 Å². The van der Waals surface area contributed by atoms with Crippen LogP contribution in [-0.4, -0.2) is 12.0 Å². The normalized spacial score (nSPS) is 14.7. The number of hydrogen-bond donors (Lipinski definition) is 1. The first-order valence-electron chi connectivity index (χ1n) is 5.25. The Labute approximate surface area is 89.4 Å². The van der Waals surface area contributed by atoms with Gasteiger partial charge in [0.2, 0.25) is 5.91 Å². The molecule has 1 aliphatic rings. The number of amides is 1. The summed E-state index contributed by atoms with van der Waals surface area (Å²) in [6, 6.07) is 5.78. The molecule has 0 aromatic heterocycles. The number of ether oxygens (including phenoxy) is 1. The van der Waals surface area contributed by atoms with E-state index < -0.39 is 0 Å². The Kier molecular flexibility index (Phi) is 2.62. The van der Waals surface area contributed by atoms with Crippen molar-refractivity contribution in [3.63, 3.8) is 0 Å². The lowest BCUT2D eigenvalue weighted by atomic mass is 10.0. The first kappa shape index (κ1) is 10.0. The van der Waals surface area contributed by atoms with Gasteiger partial charge in [-0.3, -0.25) is 4.79 Å². The minimum absolute atomic E-state index is 0.0872. The van der Waals surface area contributed by atoms with Crippen LogP contribution >= 0.6 is 0 Å². The lowest BCUT2D eigenvalue weighted by Gasteiger charge is -2.21. The Bertz CT molecular complexity index is 385. The van der Waals surface area contributed by atoms with Crippen molar-refractivity contribution in [1.82, 2.24) is 0 Å². The number of carbonyl (C=O) groups is 1. The Morgan fingerprint density at radius 3 is 2.87 bits per heavy atom. The van der Waals surface area contributed by atoms with Gasteiger partial charge in [0.05, 0.1) is 6.10 Å². The average molecular weight is 205 g/mol. The SMILES string of the molecule is CC(C)Oc1cccc2c1CCC(=O)N2. The topological polar surface area (TPSA) is 38.3 Å². The van der Waals surface area contributed by atoms with Crippen molar-refractivity contribution in [1.29, 1.82) is 0 Å². The molecule has 3 nitrogen and oxygen atoms in total. The summed E-state index contributed by atoms with van der Waals surface area (Å²) >= 11 is 0. The molecule has 1 amide bonds. The summed E-state index contributed by atoms with van der Waals surface area (Å²) in [5.74, 6) is 0.978. The van der Waals surface area contributed by atoms with E-state index in [1.165, 1.54) is 0 Å². The predicted octanol–water partition coefficient (Wildman–Crippen LogP) is 2.36.